The Kier molecular flexibility index (Phi) is 4.44. The SMILES string of the molecule is CCCC1CCC(O)CC1n1cc(C(C)C)cn1. The monoisotopic (exact) mass is 250 g/mol. The summed E-state index contributed by atoms with van der Waals surface area (Å²) >= 11 is 0. The first-order chi connectivity index (χ1) is 8.61. The van der Waals surface area contributed by atoms with Crippen molar-refractivity contribution >= 4 is 0 Å². The van der Waals surface area contributed by atoms with Crippen molar-refractivity contribution in [3.05, 3.63) is 18.0 Å². The molecule has 0 aliphatic heterocycles. The molecule has 1 N–H and O–H groups in total. The first-order valence-corrected chi connectivity index (χ1v) is 7.34. The highest BCUT2D eigenvalue weighted by Gasteiger charge is 2.30. The summed E-state index contributed by atoms with van der Waals surface area (Å²) in [5.41, 5.74) is 1.30. The normalized spacial score (nSPS) is 28.8. The molecule has 3 heteroatoms. The van der Waals surface area contributed by atoms with Crippen LogP contribution in [0.25, 0.3) is 0 Å². The van der Waals surface area contributed by atoms with Crippen molar-refractivity contribution < 1.29 is 5.11 Å². The summed E-state index contributed by atoms with van der Waals surface area (Å²) in [6, 6.07) is 0.390. The summed E-state index contributed by atoms with van der Waals surface area (Å²) in [5.74, 6) is 1.20. The van der Waals surface area contributed by atoms with Gasteiger partial charge in [0.25, 0.3) is 0 Å². The zero-order valence-corrected chi connectivity index (χ0v) is 11.8. The van der Waals surface area contributed by atoms with Gasteiger partial charge in [0, 0.05) is 6.20 Å². The lowest BCUT2D eigenvalue weighted by atomic mass is 9.80. The van der Waals surface area contributed by atoms with E-state index in [9.17, 15) is 5.11 Å². The van der Waals surface area contributed by atoms with E-state index < -0.39 is 0 Å². The zero-order chi connectivity index (χ0) is 13.1. The first-order valence-electron chi connectivity index (χ1n) is 7.34. The lowest BCUT2D eigenvalue weighted by Gasteiger charge is -2.34. The van der Waals surface area contributed by atoms with Gasteiger partial charge in [0.1, 0.15) is 0 Å². The van der Waals surface area contributed by atoms with Crippen molar-refractivity contribution in [1.29, 1.82) is 0 Å². The molecule has 3 atom stereocenters. The highest BCUT2D eigenvalue weighted by molar-refractivity contribution is 5.09. The Hall–Kier alpha value is -0.830. The third kappa shape index (κ3) is 2.94. The van der Waals surface area contributed by atoms with Crippen LogP contribution in [0.1, 0.15) is 70.4 Å². The van der Waals surface area contributed by atoms with Crippen LogP contribution in [0, 0.1) is 5.92 Å². The first kappa shape index (κ1) is 13.6. The molecule has 0 aromatic carbocycles. The Morgan fingerprint density at radius 1 is 1.44 bits per heavy atom. The molecule has 18 heavy (non-hydrogen) atoms. The standard InChI is InChI=1S/C15H26N2O/c1-4-5-12-6-7-14(18)8-15(12)17-10-13(9-16-17)11(2)3/h9-12,14-15,18H,4-8H2,1-3H3. The van der Waals surface area contributed by atoms with Crippen LogP contribution in [0.5, 0.6) is 0 Å². The van der Waals surface area contributed by atoms with E-state index in [-0.39, 0.29) is 6.10 Å². The molecule has 2 rings (SSSR count). The van der Waals surface area contributed by atoms with E-state index in [1.807, 2.05) is 6.20 Å². The van der Waals surface area contributed by atoms with Gasteiger partial charge in [0.15, 0.2) is 0 Å². The average Bonchev–Trinajstić information content (AvgIpc) is 2.81. The number of hydrogen-bond donors (Lipinski definition) is 1. The summed E-state index contributed by atoms with van der Waals surface area (Å²) < 4.78 is 2.11. The maximum absolute atomic E-state index is 9.90. The molecule has 0 amide bonds. The number of aromatic nitrogens is 2. The van der Waals surface area contributed by atoms with Crippen LogP contribution >= 0.6 is 0 Å². The quantitative estimate of drug-likeness (QED) is 0.888. The molecular formula is C15H26N2O. The van der Waals surface area contributed by atoms with Crippen LogP contribution in [-0.4, -0.2) is 21.0 Å². The van der Waals surface area contributed by atoms with Crippen molar-refractivity contribution in [2.45, 2.75) is 70.9 Å². The fourth-order valence-electron chi connectivity index (χ4n) is 3.05. The summed E-state index contributed by atoms with van der Waals surface area (Å²) in [4.78, 5) is 0. The molecule has 3 nitrogen and oxygen atoms in total. The van der Waals surface area contributed by atoms with Gasteiger partial charge in [-0.1, -0.05) is 27.2 Å². The summed E-state index contributed by atoms with van der Waals surface area (Å²) in [6.45, 7) is 6.63. The van der Waals surface area contributed by atoms with Gasteiger partial charge in [-0.3, -0.25) is 4.68 Å². The van der Waals surface area contributed by atoms with E-state index >= 15 is 0 Å². The van der Waals surface area contributed by atoms with Crippen LogP contribution in [0.15, 0.2) is 12.4 Å². The fourth-order valence-corrected chi connectivity index (χ4v) is 3.05. The van der Waals surface area contributed by atoms with Gasteiger partial charge in [0.2, 0.25) is 0 Å². The van der Waals surface area contributed by atoms with Gasteiger partial charge in [-0.2, -0.15) is 5.10 Å². The van der Waals surface area contributed by atoms with Crippen molar-refractivity contribution in [2.24, 2.45) is 5.92 Å². The van der Waals surface area contributed by atoms with Crippen LogP contribution in [0.4, 0.5) is 0 Å². The number of aliphatic hydroxyl groups excluding tert-OH is 1. The molecule has 1 heterocycles. The predicted octanol–water partition coefficient (Wildman–Crippen LogP) is 3.51. The van der Waals surface area contributed by atoms with Crippen molar-refractivity contribution in [1.82, 2.24) is 9.78 Å². The molecule has 1 aliphatic rings. The Labute approximate surface area is 110 Å². The largest absolute Gasteiger partial charge is 0.393 e. The Bertz CT molecular complexity index is 372. The van der Waals surface area contributed by atoms with Gasteiger partial charge in [0.05, 0.1) is 18.3 Å². The molecule has 1 fully saturated rings. The molecule has 0 spiro atoms. The van der Waals surface area contributed by atoms with Gasteiger partial charge >= 0.3 is 0 Å². The van der Waals surface area contributed by atoms with E-state index in [1.165, 1.54) is 18.4 Å². The van der Waals surface area contributed by atoms with Gasteiger partial charge < -0.3 is 5.11 Å². The van der Waals surface area contributed by atoms with Crippen LogP contribution < -0.4 is 0 Å². The average molecular weight is 250 g/mol. The maximum Gasteiger partial charge on any atom is 0.0572 e. The van der Waals surface area contributed by atoms with Gasteiger partial charge in [-0.15, -0.1) is 0 Å². The maximum atomic E-state index is 9.90. The second-order valence-corrected chi connectivity index (χ2v) is 5.99. The minimum absolute atomic E-state index is 0.144. The van der Waals surface area contributed by atoms with E-state index in [2.05, 4.69) is 36.7 Å². The molecule has 0 radical (unpaired) electrons. The second-order valence-electron chi connectivity index (χ2n) is 5.99. The smallest absolute Gasteiger partial charge is 0.0572 e. The van der Waals surface area contributed by atoms with Crippen molar-refractivity contribution in [2.75, 3.05) is 0 Å². The molecule has 1 aliphatic carbocycles. The Balaban J connectivity index is 2.15. The van der Waals surface area contributed by atoms with Crippen LogP contribution in [0.3, 0.4) is 0 Å². The third-order valence-corrected chi connectivity index (χ3v) is 4.22. The number of nitrogens with zero attached hydrogens (tertiary/aromatic N) is 2. The predicted molar refractivity (Wildman–Crippen MR) is 73.6 cm³/mol. The summed E-state index contributed by atoms with van der Waals surface area (Å²) in [5, 5.41) is 14.4. The number of aliphatic hydroxyl groups is 1. The van der Waals surface area contributed by atoms with E-state index in [0.29, 0.717) is 17.9 Å². The van der Waals surface area contributed by atoms with E-state index in [0.717, 1.165) is 19.3 Å². The van der Waals surface area contributed by atoms with Gasteiger partial charge in [-0.05, 0) is 43.1 Å². The van der Waals surface area contributed by atoms with E-state index in [4.69, 9.17) is 0 Å². The summed E-state index contributed by atoms with van der Waals surface area (Å²) in [6.07, 6.45) is 9.43. The molecule has 0 bridgehead atoms. The Morgan fingerprint density at radius 2 is 2.22 bits per heavy atom. The lowest BCUT2D eigenvalue weighted by molar-refractivity contribution is 0.0649. The Morgan fingerprint density at radius 3 is 2.83 bits per heavy atom. The highest BCUT2D eigenvalue weighted by Crippen LogP contribution is 2.36. The zero-order valence-electron chi connectivity index (χ0n) is 11.8. The van der Waals surface area contributed by atoms with Crippen molar-refractivity contribution in [3.63, 3.8) is 0 Å². The molecule has 1 aromatic rings. The lowest BCUT2D eigenvalue weighted by Crippen LogP contribution is -2.30. The minimum atomic E-state index is -0.144. The molecule has 0 saturated heterocycles. The van der Waals surface area contributed by atoms with Crippen LogP contribution in [-0.2, 0) is 0 Å². The van der Waals surface area contributed by atoms with Crippen LogP contribution in [0.2, 0.25) is 0 Å². The molecule has 1 saturated carbocycles. The van der Waals surface area contributed by atoms with Gasteiger partial charge in [-0.25, -0.2) is 0 Å². The second kappa shape index (κ2) is 5.87. The minimum Gasteiger partial charge on any atom is -0.393 e. The molecule has 102 valence electrons. The topological polar surface area (TPSA) is 38.0 Å². The number of rotatable bonds is 4. The molecule has 1 aromatic heterocycles. The fraction of sp³-hybridized carbons (Fsp3) is 0.800. The molecule has 3 unspecified atom stereocenters. The van der Waals surface area contributed by atoms with Crippen molar-refractivity contribution in [3.8, 4) is 0 Å². The molecular weight excluding hydrogens is 224 g/mol. The van der Waals surface area contributed by atoms with E-state index in [1.54, 1.807) is 0 Å². The third-order valence-electron chi connectivity index (χ3n) is 4.22. The number of hydrogen-bond acceptors (Lipinski definition) is 2. The summed E-state index contributed by atoms with van der Waals surface area (Å²) in [7, 11) is 0. The highest BCUT2D eigenvalue weighted by atomic mass is 16.3.